The summed E-state index contributed by atoms with van der Waals surface area (Å²) in [6.07, 6.45) is 1.14. The molecule has 1 fully saturated rings. The Hall–Kier alpha value is -2.76. The quantitative estimate of drug-likeness (QED) is 0.939. The van der Waals surface area contributed by atoms with Crippen molar-refractivity contribution in [1.29, 1.82) is 0 Å². The Labute approximate surface area is 138 Å². The molecule has 2 amide bonds. The van der Waals surface area contributed by atoms with Crippen LogP contribution in [-0.2, 0) is 4.79 Å². The average Bonchev–Trinajstić information content (AvgIpc) is 3.04. The van der Waals surface area contributed by atoms with E-state index in [1.54, 1.807) is 12.1 Å². The molecule has 1 N–H and O–H groups in total. The molecule has 1 atom stereocenters. The molecule has 4 nitrogen and oxygen atoms in total. The fourth-order valence-electron chi connectivity index (χ4n) is 2.86. The number of rotatable bonds is 3. The summed E-state index contributed by atoms with van der Waals surface area (Å²) in [6.45, 7) is 0.383. The highest BCUT2D eigenvalue weighted by molar-refractivity contribution is 6.01. The summed E-state index contributed by atoms with van der Waals surface area (Å²) in [6, 6.07) is 10.5. The fourth-order valence-corrected chi connectivity index (χ4v) is 2.86. The number of hydrogen-bond acceptors (Lipinski definition) is 2. The van der Waals surface area contributed by atoms with Crippen LogP contribution in [0.3, 0.4) is 0 Å². The van der Waals surface area contributed by atoms with Gasteiger partial charge in [0.05, 0.1) is 5.56 Å². The van der Waals surface area contributed by atoms with Gasteiger partial charge in [0.15, 0.2) is 0 Å². The van der Waals surface area contributed by atoms with Gasteiger partial charge >= 0.3 is 0 Å². The Morgan fingerprint density at radius 2 is 1.88 bits per heavy atom. The number of carbonyl (C=O) groups is 2. The number of halogens is 2. The van der Waals surface area contributed by atoms with E-state index in [2.05, 4.69) is 5.32 Å². The predicted octanol–water partition coefficient (Wildman–Crippen LogP) is 3.21. The van der Waals surface area contributed by atoms with Crippen LogP contribution in [-0.4, -0.2) is 29.3 Å². The van der Waals surface area contributed by atoms with Crippen LogP contribution in [0.25, 0.3) is 0 Å². The van der Waals surface area contributed by atoms with E-state index in [9.17, 15) is 18.4 Å². The number of likely N-dealkylation sites (tertiary alicyclic amines) is 1. The lowest BCUT2D eigenvalue weighted by Gasteiger charge is -2.24. The predicted molar refractivity (Wildman–Crippen MR) is 85.5 cm³/mol. The Bertz CT molecular complexity index is 779. The van der Waals surface area contributed by atoms with Crippen molar-refractivity contribution in [2.75, 3.05) is 11.9 Å². The molecule has 1 saturated heterocycles. The molecule has 0 spiro atoms. The zero-order valence-corrected chi connectivity index (χ0v) is 12.8. The van der Waals surface area contributed by atoms with Gasteiger partial charge < -0.3 is 10.2 Å². The van der Waals surface area contributed by atoms with E-state index in [1.165, 1.54) is 41.3 Å². The minimum Gasteiger partial charge on any atom is -0.327 e. The molecule has 1 aliphatic heterocycles. The third-order valence-electron chi connectivity index (χ3n) is 4.01. The molecule has 0 bridgehead atoms. The second-order valence-corrected chi connectivity index (χ2v) is 5.64. The van der Waals surface area contributed by atoms with Crippen molar-refractivity contribution in [3.05, 3.63) is 65.7 Å². The standard InChI is InChI=1S/C18H16F2N2O2/c19-12-5-3-6-13(11-12)21-17(23)16-9-4-10-22(16)18(24)14-7-1-2-8-15(14)20/h1-3,5-8,11,16H,4,9-10H2,(H,21,23)/t16-/m0/s1. The highest BCUT2D eigenvalue weighted by atomic mass is 19.1. The smallest absolute Gasteiger partial charge is 0.257 e. The third kappa shape index (κ3) is 3.27. The van der Waals surface area contributed by atoms with Crippen LogP contribution in [0.1, 0.15) is 23.2 Å². The van der Waals surface area contributed by atoms with E-state index in [4.69, 9.17) is 0 Å². The molecule has 3 rings (SSSR count). The first-order valence-corrected chi connectivity index (χ1v) is 7.68. The van der Waals surface area contributed by atoms with Crippen molar-refractivity contribution in [3.8, 4) is 0 Å². The number of carbonyl (C=O) groups excluding carboxylic acids is 2. The largest absolute Gasteiger partial charge is 0.327 e. The number of nitrogens with one attached hydrogen (secondary N) is 1. The summed E-state index contributed by atoms with van der Waals surface area (Å²) in [4.78, 5) is 26.3. The third-order valence-corrected chi connectivity index (χ3v) is 4.01. The summed E-state index contributed by atoms with van der Waals surface area (Å²) in [7, 11) is 0. The maximum atomic E-state index is 13.8. The summed E-state index contributed by atoms with van der Waals surface area (Å²) in [5.41, 5.74) is 0.271. The van der Waals surface area contributed by atoms with Gasteiger partial charge in [-0.05, 0) is 43.2 Å². The Morgan fingerprint density at radius 3 is 2.62 bits per heavy atom. The van der Waals surface area contributed by atoms with Crippen LogP contribution < -0.4 is 5.32 Å². The van der Waals surface area contributed by atoms with Crippen molar-refractivity contribution in [3.63, 3.8) is 0 Å². The molecule has 1 aliphatic rings. The second-order valence-electron chi connectivity index (χ2n) is 5.64. The maximum absolute atomic E-state index is 13.8. The second kappa shape index (κ2) is 6.78. The molecule has 24 heavy (non-hydrogen) atoms. The van der Waals surface area contributed by atoms with Gasteiger partial charge in [-0.2, -0.15) is 0 Å². The molecule has 2 aromatic carbocycles. The lowest BCUT2D eigenvalue weighted by Crippen LogP contribution is -2.43. The van der Waals surface area contributed by atoms with Crippen molar-refractivity contribution in [2.45, 2.75) is 18.9 Å². The van der Waals surface area contributed by atoms with Crippen LogP contribution in [0, 0.1) is 11.6 Å². The lowest BCUT2D eigenvalue weighted by atomic mass is 10.1. The van der Waals surface area contributed by atoms with E-state index < -0.39 is 29.5 Å². The Kier molecular flexibility index (Phi) is 4.55. The molecule has 124 valence electrons. The molecule has 6 heteroatoms. The molecular formula is C18H16F2N2O2. The van der Waals surface area contributed by atoms with Gasteiger partial charge in [-0.3, -0.25) is 9.59 Å². The number of nitrogens with zero attached hydrogens (tertiary/aromatic N) is 1. The van der Waals surface area contributed by atoms with Gasteiger partial charge in [0.1, 0.15) is 17.7 Å². The van der Waals surface area contributed by atoms with Crippen LogP contribution in [0.15, 0.2) is 48.5 Å². The molecule has 0 radical (unpaired) electrons. The Balaban J connectivity index is 1.76. The van der Waals surface area contributed by atoms with Crippen LogP contribution in [0.5, 0.6) is 0 Å². The summed E-state index contributed by atoms with van der Waals surface area (Å²) >= 11 is 0. The molecule has 2 aromatic rings. The van der Waals surface area contributed by atoms with E-state index in [0.717, 1.165) is 0 Å². The Morgan fingerprint density at radius 1 is 1.08 bits per heavy atom. The van der Waals surface area contributed by atoms with Crippen LogP contribution in [0.4, 0.5) is 14.5 Å². The van der Waals surface area contributed by atoms with E-state index >= 15 is 0 Å². The normalized spacial score (nSPS) is 16.9. The van der Waals surface area contributed by atoms with Crippen LogP contribution in [0.2, 0.25) is 0 Å². The van der Waals surface area contributed by atoms with Gasteiger partial charge in [-0.25, -0.2) is 8.78 Å². The molecule has 0 unspecified atom stereocenters. The zero-order valence-electron chi connectivity index (χ0n) is 12.8. The van der Waals surface area contributed by atoms with Crippen molar-refractivity contribution in [2.24, 2.45) is 0 Å². The fraction of sp³-hybridized carbons (Fsp3) is 0.222. The monoisotopic (exact) mass is 330 g/mol. The van der Waals surface area contributed by atoms with Crippen molar-refractivity contribution < 1.29 is 18.4 Å². The first-order valence-electron chi connectivity index (χ1n) is 7.68. The first kappa shape index (κ1) is 16.1. The van der Waals surface area contributed by atoms with E-state index in [1.807, 2.05) is 0 Å². The highest BCUT2D eigenvalue weighted by Crippen LogP contribution is 2.23. The van der Waals surface area contributed by atoms with E-state index in [0.29, 0.717) is 25.1 Å². The topological polar surface area (TPSA) is 49.4 Å². The summed E-state index contributed by atoms with van der Waals surface area (Å²) in [5, 5.41) is 2.61. The lowest BCUT2D eigenvalue weighted by molar-refractivity contribution is -0.119. The molecule has 0 saturated carbocycles. The minimum atomic E-state index is -0.694. The van der Waals surface area contributed by atoms with Gasteiger partial charge in [0.25, 0.3) is 5.91 Å². The zero-order chi connectivity index (χ0) is 17.1. The van der Waals surface area contributed by atoms with Crippen molar-refractivity contribution in [1.82, 2.24) is 4.90 Å². The SMILES string of the molecule is O=C(Nc1cccc(F)c1)[C@@H]1CCCN1C(=O)c1ccccc1F. The molecule has 0 aliphatic carbocycles. The molecule has 1 heterocycles. The number of benzene rings is 2. The number of hydrogen-bond donors (Lipinski definition) is 1. The summed E-state index contributed by atoms with van der Waals surface area (Å²) < 4.78 is 27.0. The number of amides is 2. The van der Waals surface area contributed by atoms with Gasteiger partial charge in [0.2, 0.25) is 5.91 Å². The minimum absolute atomic E-state index is 0.0528. The van der Waals surface area contributed by atoms with Gasteiger partial charge in [-0.15, -0.1) is 0 Å². The van der Waals surface area contributed by atoms with Gasteiger partial charge in [0, 0.05) is 12.2 Å². The highest BCUT2D eigenvalue weighted by Gasteiger charge is 2.35. The van der Waals surface area contributed by atoms with Crippen LogP contribution >= 0.6 is 0 Å². The van der Waals surface area contributed by atoms with Gasteiger partial charge in [-0.1, -0.05) is 18.2 Å². The number of anilines is 1. The molecule has 0 aromatic heterocycles. The summed E-state index contributed by atoms with van der Waals surface area (Å²) in [5.74, 6) is -1.98. The molecular weight excluding hydrogens is 314 g/mol. The maximum Gasteiger partial charge on any atom is 0.257 e. The van der Waals surface area contributed by atoms with E-state index in [-0.39, 0.29) is 5.56 Å². The van der Waals surface area contributed by atoms with Crippen molar-refractivity contribution >= 4 is 17.5 Å². The first-order chi connectivity index (χ1) is 11.6. The average molecular weight is 330 g/mol.